The van der Waals surface area contributed by atoms with Crippen LogP contribution < -0.4 is 9.64 Å². The van der Waals surface area contributed by atoms with Crippen molar-refractivity contribution in [1.82, 2.24) is 15.1 Å². The minimum Gasteiger partial charge on any atom is -0.497 e. The molecule has 2 fully saturated rings. The summed E-state index contributed by atoms with van der Waals surface area (Å²) in [4.78, 5) is 16.9. The van der Waals surface area contributed by atoms with Gasteiger partial charge in [0, 0.05) is 36.6 Å². The number of benzene rings is 1. The van der Waals surface area contributed by atoms with E-state index in [1.165, 1.54) is 12.8 Å². The SMILES string of the molecule is COc1ccc(Br)c(C(=O)N2CCN(c3ccc(C4CC4)nn3)CC2)c1. The Labute approximate surface area is 161 Å². The van der Waals surface area contributed by atoms with Gasteiger partial charge in [0.25, 0.3) is 5.91 Å². The van der Waals surface area contributed by atoms with Crippen LogP contribution in [-0.4, -0.2) is 54.3 Å². The van der Waals surface area contributed by atoms with E-state index in [4.69, 9.17) is 4.74 Å². The minimum absolute atomic E-state index is 0.0191. The molecule has 1 aliphatic heterocycles. The molecule has 1 saturated carbocycles. The van der Waals surface area contributed by atoms with Crippen molar-refractivity contribution in [3.05, 3.63) is 46.1 Å². The Hall–Kier alpha value is -2.15. The summed E-state index contributed by atoms with van der Waals surface area (Å²) in [6.45, 7) is 2.83. The van der Waals surface area contributed by atoms with Crippen molar-refractivity contribution in [2.24, 2.45) is 0 Å². The van der Waals surface area contributed by atoms with E-state index in [9.17, 15) is 4.79 Å². The van der Waals surface area contributed by atoms with Crippen LogP contribution in [0.3, 0.4) is 0 Å². The molecule has 7 heteroatoms. The van der Waals surface area contributed by atoms with Gasteiger partial charge in [0.1, 0.15) is 5.75 Å². The molecule has 0 unspecified atom stereocenters. The Morgan fingerprint density at radius 2 is 1.88 bits per heavy atom. The second-order valence-corrected chi connectivity index (χ2v) is 7.57. The van der Waals surface area contributed by atoms with Gasteiger partial charge in [-0.2, -0.15) is 5.10 Å². The molecule has 1 amide bonds. The summed E-state index contributed by atoms with van der Waals surface area (Å²) < 4.78 is 6.02. The molecule has 0 radical (unpaired) electrons. The molecular formula is C19H21BrN4O2. The molecule has 0 bridgehead atoms. The van der Waals surface area contributed by atoms with Gasteiger partial charge in [-0.3, -0.25) is 4.79 Å². The molecule has 2 heterocycles. The number of hydrogen-bond acceptors (Lipinski definition) is 5. The highest BCUT2D eigenvalue weighted by Gasteiger charge is 2.27. The highest BCUT2D eigenvalue weighted by atomic mass is 79.9. The quantitative estimate of drug-likeness (QED) is 0.766. The fraction of sp³-hybridized carbons (Fsp3) is 0.421. The third-order valence-electron chi connectivity index (χ3n) is 4.96. The summed E-state index contributed by atoms with van der Waals surface area (Å²) in [7, 11) is 1.60. The number of amides is 1. The summed E-state index contributed by atoms with van der Waals surface area (Å²) in [5, 5.41) is 8.73. The number of carbonyl (C=O) groups excluding carboxylic acids is 1. The largest absolute Gasteiger partial charge is 0.497 e. The molecular weight excluding hydrogens is 396 g/mol. The van der Waals surface area contributed by atoms with Crippen molar-refractivity contribution in [2.75, 3.05) is 38.2 Å². The lowest BCUT2D eigenvalue weighted by Gasteiger charge is -2.35. The third-order valence-corrected chi connectivity index (χ3v) is 5.65. The van der Waals surface area contributed by atoms with Crippen LogP contribution in [0, 0.1) is 0 Å². The standard InChI is InChI=1S/C19H21BrN4O2/c1-26-14-4-5-16(20)15(12-14)19(25)24-10-8-23(9-11-24)18-7-6-17(21-22-18)13-2-3-13/h4-7,12-13H,2-3,8-11H2,1H3. The average Bonchev–Trinajstić information content (AvgIpc) is 3.53. The zero-order valence-electron chi connectivity index (χ0n) is 14.7. The van der Waals surface area contributed by atoms with Gasteiger partial charge in [-0.15, -0.1) is 5.10 Å². The molecule has 0 spiro atoms. The van der Waals surface area contributed by atoms with E-state index in [0.717, 1.165) is 29.1 Å². The van der Waals surface area contributed by atoms with E-state index in [1.54, 1.807) is 13.2 Å². The Bertz CT molecular complexity index is 800. The number of halogens is 1. The van der Waals surface area contributed by atoms with E-state index in [1.807, 2.05) is 17.0 Å². The number of piperazine rings is 1. The second-order valence-electron chi connectivity index (χ2n) is 6.72. The van der Waals surface area contributed by atoms with Crippen molar-refractivity contribution >= 4 is 27.7 Å². The Morgan fingerprint density at radius 3 is 2.50 bits per heavy atom. The molecule has 2 aliphatic rings. The van der Waals surface area contributed by atoms with Crippen molar-refractivity contribution in [1.29, 1.82) is 0 Å². The molecule has 4 rings (SSSR count). The first kappa shape index (κ1) is 17.3. The van der Waals surface area contributed by atoms with Gasteiger partial charge >= 0.3 is 0 Å². The summed E-state index contributed by atoms with van der Waals surface area (Å²) >= 11 is 3.47. The van der Waals surface area contributed by atoms with E-state index >= 15 is 0 Å². The Morgan fingerprint density at radius 1 is 1.12 bits per heavy atom. The van der Waals surface area contributed by atoms with E-state index in [-0.39, 0.29) is 5.91 Å². The first-order valence-electron chi connectivity index (χ1n) is 8.87. The summed E-state index contributed by atoms with van der Waals surface area (Å²) in [5.41, 5.74) is 1.73. The maximum absolute atomic E-state index is 12.9. The van der Waals surface area contributed by atoms with Crippen LogP contribution in [0.5, 0.6) is 5.75 Å². The first-order valence-corrected chi connectivity index (χ1v) is 9.66. The predicted molar refractivity (Wildman–Crippen MR) is 103 cm³/mol. The van der Waals surface area contributed by atoms with E-state index < -0.39 is 0 Å². The van der Waals surface area contributed by atoms with Gasteiger partial charge in [0.15, 0.2) is 5.82 Å². The molecule has 1 aliphatic carbocycles. The lowest BCUT2D eigenvalue weighted by Crippen LogP contribution is -2.49. The van der Waals surface area contributed by atoms with Gasteiger partial charge in [-0.1, -0.05) is 0 Å². The maximum Gasteiger partial charge on any atom is 0.255 e. The van der Waals surface area contributed by atoms with Crippen LogP contribution in [0.25, 0.3) is 0 Å². The molecule has 0 N–H and O–H groups in total. The number of aromatic nitrogens is 2. The highest BCUT2D eigenvalue weighted by molar-refractivity contribution is 9.10. The fourth-order valence-corrected chi connectivity index (χ4v) is 3.62. The van der Waals surface area contributed by atoms with Crippen molar-refractivity contribution in [2.45, 2.75) is 18.8 Å². The van der Waals surface area contributed by atoms with E-state index in [0.29, 0.717) is 30.3 Å². The molecule has 1 saturated heterocycles. The second kappa shape index (κ2) is 7.23. The average molecular weight is 417 g/mol. The van der Waals surface area contributed by atoms with Crippen molar-refractivity contribution < 1.29 is 9.53 Å². The topological polar surface area (TPSA) is 58.6 Å². The van der Waals surface area contributed by atoms with Gasteiger partial charge in [-0.25, -0.2) is 0 Å². The lowest BCUT2D eigenvalue weighted by molar-refractivity contribution is 0.0745. The number of methoxy groups -OCH3 is 1. The molecule has 6 nitrogen and oxygen atoms in total. The van der Waals surface area contributed by atoms with Crippen molar-refractivity contribution in [3.8, 4) is 5.75 Å². The summed E-state index contributed by atoms with van der Waals surface area (Å²) in [5.74, 6) is 2.21. The van der Waals surface area contributed by atoms with Crippen LogP contribution >= 0.6 is 15.9 Å². The third kappa shape index (κ3) is 3.53. The molecule has 136 valence electrons. The summed E-state index contributed by atoms with van der Waals surface area (Å²) in [6.07, 6.45) is 2.46. The smallest absolute Gasteiger partial charge is 0.255 e. The van der Waals surface area contributed by atoms with Gasteiger partial charge in [0.05, 0.1) is 18.4 Å². The molecule has 2 aromatic rings. The van der Waals surface area contributed by atoms with E-state index in [2.05, 4.69) is 43.2 Å². The lowest BCUT2D eigenvalue weighted by atomic mass is 10.1. The zero-order valence-corrected chi connectivity index (χ0v) is 16.3. The fourth-order valence-electron chi connectivity index (χ4n) is 3.21. The number of nitrogens with zero attached hydrogens (tertiary/aromatic N) is 4. The monoisotopic (exact) mass is 416 g/mol. The number of ether oxygens (including phenoxy) is 1. The zero-order chi connectivity index (χ0) is 18.1. The van der Waals surface area contributed by atoms with Crippen LogP contribution in [0.2, 0.25) is 0 Å². The van der Waals surface area contributed by atoms with Crippen LogP contribution in [0.1, 0.15) is 34.8 Å². The van der Waals surface area contributed by atoms with Gasteiger partial charge in [0.2, 0.25) is 0 Å². The van der Waals surface area contributed by atoms with Gasteiger partial charge < -0.3 is 14.5 Å². The number of carbonyl (C=O) groups is 1. The number of hydrogen-bond donors (Lipinski definition) is 0. The van der Waals surface area contributed by atoms with Crippen LogP contribution in [0.15, 0.2) is 34.8 Å². The maximum atomic E-state index is 12.9. The Balaban J connectivity index is 1.40. The number of rotatable bonds is 4. The number of anilines is 1. The minimum atomic E-state index is 0.0191. The Kier molecular flexibility index (Phi) is 4.80. The van der Waals surface area contributed by atoms with Crippen LogP contribution in [0.4, 0.5) is 5.82 Å². The normalized spacial score (nSPS) is 17.3. The summed E-state index contributed by atoms with van der Waals surface area (Å²) in [6, 6.07) is 9.60. The van der Waals surface area contributed by atoms with Gasteiger partial charge in [-0.05, 0) is 59.1 Å². The molecule has 26 heavy (non-hydrogen) atoms. The predicted octanol–water partition coefficient (Wildman–Crippen LogP) is 3.09. The highest BCUT2D eigenvalue weighted by Crippen LogP contribution is 2.38. The van der Waals surface area contributed by atoms with Crippen molar-refractivity contribution in [3.63, 3.8) is 0 Å². The van der Waals surface area contributed by atoms with Crippen LogP contribution in [-0.2, 0) is 0 Å². The molecule has 1 aromatic heterocycles. The molecule has 1 aromatic carbocycles. The first-order chi connectivity index (χ1) is 12.7. The molecule has 0 atom stereocenters.